The fraction of sp³-hybridized carbons (Fsp3) is 0.467. The van der Waals surface area contributed by atoms with Gasteiger partial charge in [0.15, 0.2) is 0 Å². The van der Waals surface area contributed by atoms with Crippen LogP contribution in [0.25, 0.3) is 11.0 Å². The SMILES string of the molecule is CCOC(=O)C(Cn1cnc2ccccc21)NC1CC1. The molecule has 0 radical (unpaired) electrons. The van der Waals surface area contributed by atoms with Gasteiger partial charge in [-0.2, -0.15) is 0 Å². The number of fused-ring (bicyclic) bond motifs is 1. The van der Waals surface area contributed by atoms with Gasteiger partial charge in [-0.3, -0.25) is 4.79 Å². The highest BCUT2D eigenvalue weighted by atomic mass is 16.5. The highest BCUT2D eigenvalue weighted by Crippen LogP contribution is 2.20. The van der Waals surface area contributed by atoms with Crippen LogP contribution in [0.5, 0.6) is 0 Å². The Morgan fingerprint density at radius 1 is 1.50 bits per heavy atom. The standard InChI is InChI=1S/C15H19N3O2/c1-2-20-15(19)13(17-11-7-8-11)9-18-10-16-12-5-3-4-6-14(12)18/h3-6,10-11,13,17H,2,7-9H2,1H3. The average Bonchev–Trinajstić information content (AvgIpc) is 3.18. The average molecular weight is 273 g/mol. The van der Waals surface area contributed by atoms with E-state index in [9.17, 15) is 4.79 Å². The van der Waals surface area contributed by atoms with E-state index in [0.29, 0.717) is 19.2 Å². The van der Waals surface area contributed by atoms with E-state index < -0.39 is 0 Å². The van der Waals surface area contributed by atoms with Crippen LogP contribution in [0, 0.1) is 0 Å². The summed E-state index contributed by atoms with van der Waals surface area (Å²) in [7, 11) is 0. The van der Waals surface area contributed by atoms with Crippen LogP contribution in [0.2, 0.25) is 0 Å². The number of hydrogen-bond acceptors (Lipinski definition) is 4. The number of nitrogens with one attached hydrogen (secondary N) is 1. The van der Waals surface area contributed by atoms with Crippen molar-refractivity contribution in [1.29, 1.82) is 0 Å². The molecule has 20 heavy (non-hydrogen) atoms. The Kier molecular flexibility index (Phi) is 3.69. The molecule has 1 aliphatic carbocycles. The van der Waals surface area contributed by atoms with E-state index in [1.54, 1.807) is 6.33 Å². The van der Waals surface area contributed by atoms with E-state index in [1.807, 2.05) is 35.8 Å². The van der Waals surface area contributed by atoms with Crippen molar-refractivity contribution in [3.63, 3.8) is 0 Å². The Morgan fingerprint density at radius 2 is 2.30 bits per heavy atom. The number of ether oxygens (including phenoxy) is 1. The zero-order chi connectivity index (χ0) is 13.9. The summed E-state index contributed by atoms with van der Waals surface area (Å²) in [5.74, 6) is -0.183. The summed E-state index contributed by atoms with van der Waals surface area (Å²) in [5, 5.41) is 3.36. The van der Waals surface area contributed by atoms with Crippen LogP contribution in [-0.2, 0) is 16.1 Å². The van der Waals surface area contributed by atoms with Gasteiger partial charge in [-0.05, 0) is 31.9 Å². The van der Waals surface area contributed by atoms with Gasteiger partial charge in [0.25, 0.3) is 0 Å². The number of imidazole rings is 1. The molecule has 2 aromatic rings. The van der Waals surface area contributed by atoms with Crippen molar-refractivity contribution in [1.82, 2.24) is 14.9 Å². The van der Waals surface area contributed by atoms with Gasteiger partial charge >= 0.3 is 5.97 Å². The highest BCUT2D eigenvalue weighted by Gasteiger charge is 2.29. The summed E-state index contributed by atoms with van der Waals surface area (Å²) in [5.41, 5.74) is 1.99. The molecule has 1 saturated carbocycles. The number of nitrogens with zero attached hydrogens (tertiary/aromatic N) is 2. The van der Waals surface area contributed by atoms with E-state index in [2.05, 4.69) is 10.3 Å². The smallest absolute Gasteiger partial charge is 0.324 e. The molecular weight excluding hydrogens is 254 g/mol. The van der Waals surface area contributed by atoms with Crippen molar-refractivity contribution in [2.75, 3.05) is 6.61 Å². The molecule has 1 heterocycles. The Balaban J connectivity index is 1.79. The van der Waals surface area contributed by atoms with Crippen LogP contribution in [0.15, 0.2) is 30.6 Å². The third kappa shape index (κ3) is 2.82. The molecule has 0 amide bonds. The van der Waals surface area contributed by atoms with Crippen molar-refractivity contribution < 1.29 is 9.53 Å². The van der Waals surface area contributed by atoms with E-state index in [-0.39, 0.29) is 12.0 Å². The van der Waals surface area contributed by atoms with Crippen LogP contribution >= 0.6 is 0 Å². The third-order valence-electron chi connectivity index (χ3n) is 3.49. The van der Waals surface area contributed by atoms with Gasteiger partial charge in [-0.25, -0.2) is 4.98 Å². The van der Waals surface area contributed by atoms with Crippen molar-refractivity contribution in [2.45, 2.75) is 38.4 Å². The maximum Gasteiger partial charge on any atom is 0.324 e. The van der Waals surface area contributed by atoms with Gasteiger partial charge in [0, 0.05) is 6.04 Å². The summed E-state index contributed by atoms with van der Waals surface area (Å²) in [6.07, 6.45) is 4.06. The lowest BCUT2D eigenvalue weighted by Gasteiger charge is -2.17. The lowest BCUT2D eigenvalue weighted by molar-refractivity contribution is -0.146. The largest absolute Gasteiger partial charge is 0.465 e. The van der Waals surface area contributed by atoms with Crippen LogP contribution in [0.3, 0.4) is 0 Å². The number of hydrogen-bond donors (Lipinski definition) is 1. The van der Waals surface area contributed by atoms with E-state index >= 15 is 0 Å². The number of carbonyl (C=O) groups excluding carboxylic acids is 1. The summed E-state index contributed by atoms with van der Waals surface area (Å²) in [6.45, 7) is 2.79. The molecule has 1 aliphatic rings. The minimum Gasteiger partial charge on any atom is -0.465 e. The van der Waals surface area contributed by atoms with Crippen molar-refractivity contribution in [3.8, 4) is 0 Å². The molecule has 5 nitrogen and oxygen atoms in total. The van der Waals surface area contributed by atoms with Gasteiger partial charge in [0.05, 0.1) is 30.5 Å². The molecule has 0 saturated heterocycles. The number of carbonyl (C=O) groups is 1. The summed E-state index contributed by atoms with van der Waals surface area (Å²) in [4.78, 5) is 16.4. The minimum absolute atomic E-state index is 0.183. The van der Waals surface area contributed by atoms with Gasteiger partial charge in [0.2, 0.25) is 0 Å². The Hall–Kier alpha value is -1.88. The molecule has 1 fully saturated rings. The second-order valence-electron chi connectivity index (χ2n) is 5.13. The van der Waals surface area contributed by atoms with Crippen LogP contribution in [-0.4, -0.2) is 34.2 Å². The normalized spacial score (nSPS) is 16.2. The monoisotopic (exact) mass is 273 g/mol. The lowest BCUT2D eigenvalue weighted by Crippen LogP contribution is -2.42. The number of esters is 1. The molecule has 1 aromatic heterocycles. The predicted octanol–water partition coefficient (Wildman–Crippen LogP) is 1.72. The fourth-order valence-corrected chi connectivity index (χ4v) is 2.33. The zero-order valence-corrected chi connectivity index (χ0v) is 11.6. The number of aromatic nitrogens is 2. The molecule has 1 atom stereocenters. The Bertz CT molecular complexity index is 604. The Morgan fingerprint density at radius 3 is 3.05 bits per heavy atom. The van der Waals surface area contributed by atoms with Crippen LogP contribution in [0.4, 0.5) is 0 Å². The molecule has 1 aromatic carbocycles. The third-order valence-corrected chi connectivity index (χ3v) is 3.49. The number of para-hydroxylation sites is 2. The summed E-state index contributed by atoms with van der Waals surface area (Å²) < 4.78 is 7.16. The fourth-order valence-electron chi connectivity index (χ4n) is 2.33. The predicted molar refractivity (Wildman–Crippen MR) is 76.3 cm³/mol. The molecule has 0 aliphatic heterocycles. The molecule has 1 unspecified atom stereocenters. The molecule has 106 valence electrons. The van der Waals surface area contributed by atoms with Crippen molar-refractivity contribution in [2.24, 2.45) is 0 Å². The van der Waals surface area contributed by atoms with Gasteiger partial charge in [-0.1, -0.05) is 12.1 Å². The first kappa shape index (κ1) is 13.1. The number of rotatable bonds is 6. The minimum atomic E-state index is -0.306. The van der Waals surface area contributed by atoms with Gasteiger partial charge in [0.1, 0.15) is 6.04 Å². The molecule has 0 spiro atoms. The lowest BCUT2D eigenvalue weighted by atomic mass is 10.2. The van der Waals surface area contributed by atoms with E-state index in [1.165, 1.54) is 0 Å². The maximum atomic E-state index is 12.1. The molecule has 5 heteroatoms. The van der Waals surface area contributed by atoms with E-state index in [4.69, 9.17) is 4.74 Å². The Labute approximate surface area is 117 Å². The quantitative estimate of drug-likeness (QED) is 0.814. The second-order valence-corrected chi connectivity index (χ2v) is 5.13. The van der Waals surface area contributed by atoms with Gasteiger partial charge in [-0.15, -0.1) is 0 Å². The first-order valence-electron chi connectivity index (χ1n) is 7.10. The van der Waals surface area contributed by atoms with Gasteiger partial charge < -0.3 is 14.6 Å². The second kappa shape index (κ2) is 5.63. The first-order chi connectivity index (χ1) is 9.78. The molecule has 0 bridgehead atoms. The number of benzene rings is 1. The van der Waals surface area contributed by atoms with E-state index in [0.717, 1.165) is 23.9 Å². The molecular formula is C15H19N3O2. The highest BCUT2D eigenvalue weighted by molar-refractivity contribution is 5.77. The van der Waals surface area contributed by atoms with Crippen LogP contribution in [0.1, 0.15) is 19.8 Å². The first-order valence-corrected chi connectivity index (χ1v) is 7.10. The maximum absolute atomic E-state index is 12.1. The molecule has 3 rings (SSSR count). The summed E-state index contributed by atoms with van der Waals surface area (Å²) in [6, 6.07) is 8.08. The van der Waals surface area contributed by atoms with Crippen molar-refractivity contribution in [3.05, 3.63) is 30.6 Å². The molecule has 1 N–H and O–H groups in total. The topological polar surface area (TPSA) is 56.2 Å². The summed E-state index contributed by atoms with van der Waals surface area (Å²) >= 11 is 0. The zero-order valence-electron chi connectivity index (χ0n) is 11.6. The van der Waals surface area contributed by atoms with Crippen molar-refractivity contribution >= 4 is 17.0 Å². The van der Waals surface area contributed by atoms with Crippen LogP contribution < -0.4 is 5.32 Å².